The zero-order chi connectivity index (χ0) is 21.0. The zero-order valence-electron chi connectivity index (χ0n) is 16.3. The molecule has 2 aliphatic rings. The number of aromatic nitrogens is 5. The van der Waals surface area contributed by atoms with Gasteiger partial charge in [0.25, 0.3) is 11.8 Å². The van der Waals surface area contributed by atoms with Crippen molar-refractivity contribution in [3.63, 3.8) is 0 Å². The number of anilines is 1. The SMILES string of the molecule is Cc1noc([C@]23C[C@H](C)C[C@H](C2)N3C(=O)Nc2ccc(Cl)c(-n3ncc(F)n3)c2)n1. The van der Waals surface area contributed by atoms with Crippen LogP contribution in [0.5, 0.6) is 0 Å². The summed E-state index contributed by atoms with van der Waals surface area (Å²) in [6.45, 7) is 3.93. The Morgan fingerprint density at radius 2 is 2.23 bits per heavy atom. The molecule has 1 aromatic carbocycles. The number of halogens is 2. The smallest absolute Gasteiger partial charge is 0.323 e. The van der Waals surface area contributed by atoms with Gasteiger partial charge in [-0.15, -0.1) is 9.90 Å². The molecule has 2 amide bonds. The van der Waals surface area contributed by atoms with Gasteiger partial charge in [-0.2, -0.15) is 14.5 Å². The van der Waals surface area contributed by atoms with Crippen molar-refractivity contribution < 1.29 is 13.7 Å². The summed E-state index contributed by atoms with van der Waals surface area (Å²) in [5.74, 6) is 0.747. The fraction of sp³-hybridized carbons (Fsp3) is 0.421. The van der Waals surface area contributed by atoms with Crippen molar-refractivity contribution in [1.29, 1.82) is 0 Å². The van der Waals surface area contributed by atoms with Crippen LogP contribution >= 0.6 is 11.6 Å². The second kappa shape index (κ2) is 6.76. The van der Waals surface area contributed by atoms with Crippen molar-refractivity contribution >= 4 is 23.3 Å². The van der Waals surface area contributed by atoms with E-state index in [2.05, 4.69) is 32.6 Å². The first-order chi connectivity index (χ1) is 14.4. The number of carbonyl (C=O) groups is 1. The molecule has 3 heterocycles. The Morgan fingerprint density at radius 1 is 1.40 bits per heavy atom. The molecule has 2 fully saturated rings. The zero-order valence-corrected chi connectivity index (χ0v) is 17.1. The first kappa shape index (κ1) is 19.0. The van der Waals surface area contributed by atoms with E-state index in [1.54, 1.807) is 30.0 Å². The molecule has 30 heavy (non-hydrogen) atoms. The van der Waals surface area contributed by atoms with E-state index in [0.717, 1.165) is 30.3 Å². The molecule has 0 spiro atoms. The molecule has 11 heteroatoms. The van der Waals surface area contributed by atoms with Crippen LogP contribution in [0.3, 0.4) is 0 Å². The number of rotatable bonds is 3. The van der Waals surface area contributed by atoms with E-state index in [9.17, 15) is 9.18 Å². The van der Waals surface area contributed by atoms with E-state index in [4.69, 9.17) is 16.1 Å². The average molecular weight is 432 g/mol. The number of aryl methyl sites for hydroxylation is 1. The number of likely N-dealkylation sites (tertiary alicyclic amines) is 1. The molecule has 1 saturated heterocycles. The first-order valence-electron chi connectivity index (χ1n) is 9.64. The highest BCUT2D eigenvalue weighted by Gasteiger charge is 2.62. The van der Waals surface area contributed by atoms with Gasteiger partial charge in [0.05, 0.1) is 5.02 Å². The lowest BCUT2D eigenvalue weighted by atomic mass is 9.64. The molecule has 2 aromatic heterocycles. The first-order valence-corrected chi connectivity index (χ1v) is 10.0. The largest absolute Gasteiger partial charge is 0.337 e. The second-order valence-corrected chi connectivity index (χ2v) is 8.41. The molecular weight excluding hydrogens is 413 g/mol. The van der Waals surface area contributed by atoms with E-state index in [-0.39, 0.29) is 12.1 Å². The van der Waals surface area contributed by atoms with E-state index >= 15 is 0 Å². The number of nitrogens with one attached hydrogen (secondary N) is 1. The van der Waals surface area contributed by atoms with Gasteiger partial charge in [0, 0.05) is 18.2 Å². The van der Waals surface area contributed by atoms with Crippen molar-refractivity contribution in [2.75, 3.05) is 5.32 Å². The predicted molar refractivity (Wildman–Crippen MR) is 105 cm³/mol. The highest BCUT2D eigenvalue weighted by atomic mass is 35.5. The van der Waals surface area contributed by atoms with Gasteiger partial charge in [0.2, 0.25) is 0 Å². The number of hydrogen-bond acceptors (Lipinski definition) is 6. The minimum Gasteiger partial charge on any atom is -0.337 e. The maximum absolute atomic E-state index is 13.2. The quantitative estimate of drug-likeness (QED) is 0.678. The number of fused-ring (bicyclic) bond motifs is 2. The van der Waals surface area contributed by atoms with Crippen LogP contribution in [-0.4, -0.2) is 42.1 Å². The Bertz CT molecular complexity index is 1130. The number of nitrogens with zero attached hydrogens (tertiary/aromatic N) is 6. The summed E-state index contributed by atoms with van der Waals surface area (Å²) in [5.41, 5.74) is 0.264. The Labute approximate surface area is 176 Å². The second-order valence-electron chi connectivity index (χ2n) is 8.00. The van der Waals surface area contributed by atoms with Gasteiger partial charge < -0.3 is 14.7 Å². The highest BCUT2D eigenvalue weighted by molar-refractivity contribution is 6.32. The van der Waals surface area contributed by atoms with Crippen molar-refractivity contribution in [3.8, 4) is 5.69 Å². The maximum Gasteiger partial charge on any atom is 0.323 e. The lowest BCUT2D eigenvalue weighted by molar-refractivity contribution is -0.111. The van der Waals surface area contributed by atoms with Crippen molar-refractivity contribution in [2.45, 2.75) is 44.7 Å². The van der Waals surface area contributed by atoms with Crippen LogP contribution < -0.4 is 5.32 Å². The van der Waals surface area contributed by atoms with Crippen molar-refractivity contribution in [1.82, 2.24) is 30.0 Å². The molecular formula is C19H19ClFN7O2. The lowest BCUT2D eigenvalue weighted by Gasteiger charge is -2.61. The number of hydrogen-bond donors (Lipinski definition) is 1. The summed E-state index contributed by atoms with van der Waals surface area (Å²) in [6, 6.07) is 4.72. The van der Waals surface area contributed by atoms with Gasteiger partial charge in [-0.25, -0.2) is 4.79 Å². The average Bonchev–Trinajstić information content (AvgIpc) is 3.31. The van der Waals surface area contributed by atoms with E-state index in [1.165, 1.54) is 0 Å². The standard InChI is InChI=1S/C19H19ClFN7O2/c1-10-5-13-8-19(7-10,17-23-11(2)26-30-17)27(13)18(29)24-12-3-4-14(20)15(6-12)28-22-9-16(21)25-28/h3-4,6,9-10,13H,5,7-8H2,1-2H3,(H,24,29)/t10-,13-,19+/m1/s1. The third-order valence-electron chi connectivity index (χ3n) is 5.78. The molecule has 0 unspecified atom stereocenters. The normalized spacial score (nSPS) is 25.1. The van der Waals surface area contributed by atoms with Crippen LogP contribution in [-0.2, 0) is 5.54 Å². The van der Waals surface area contributed by atoms with Gasteiger partial charge >= 0.3 is 6.03 Å². The number of piperidine rings is 1. The minimum atomic E-state index is -0.722. The molecule has 156 valence electrons. The highest BCUT2D eigenvalue weighted by Crippen LogP contribution is 2.55. The van der Waals surface area contributed by atoms with Crippen molar-refractivity contribution in [3.05, 3.63) is 47.1 Å². The maximum atomic E-state index is 13.2. The predicted octanol–water partition coefficient (Wildman–Crippen LogP) is 3.68. The molecule has 9 nitrogen and oxygen atoms in total. The number of amides is 2. The fourth-order valence-electron chi connectivity index (χ4n) is 4.72. The Hall–Kier alpha value is -3.01. The summed E-state index contributed by atoms with van der Waals surface area (Å²) in [7, 11) is 0. The van der Waals surface area contributed by atoms with Crippen LogP contribution in [0.4, 0.5) is 14.9 Å². The molecule has 2 bridgehead atoms. The molecule has 0 radical (unpaired) electrons. The molecule has 1 saturated carbocycles. The van der Waals surface area contributed by atoms with Gasteiger partial charge in [0.1, 0.15) is 17.4 Å². The van der Waals surface area contributed by atoms with Gasteiger partial charge in [0.15, 0.2) is 5.82 Å². The van der Waals surface area contributed by atoms with Crippen LogP contribution in [0.15, 0.2) is 28.9 Å². The molecule has 3 aromatic rings. The number of carbonyl (C=O) groups excluding carboxylic acids is 1. The molecule has 3 atom stereocenters. The molecule has 5 rings (SSSR count). The third-order valence-corrected chi connectivity index (χ3v) is 6.10. The Kier molecular flexibility index (Phi) is 4.28. The topological polar surface area (TPSA) is 102 Å². The van der Waals surface area contributed by atoms with Crippen LogP contribution in [0, 0.1) is 18.8 Å². The third kappa shape index (κ3) is 2.94. The molecule has 1 aliphatic carbocycles. The molecule has 1 aliphatic heterocycles. The van der Waals surface area contributed by atoms with Crippen molar-refractivity contribution in [2.24, 2.45) is 5.92 Å². The van der Waals surface area contributed by atoms with E-state index < -0.39 is 11.5 Å². The monoisotopic (exact) mass is 431 g/mol. The van der Waals surface area contributed by atoms with Crippen LogP contribution in [0.1, 0.15) is 37.9 Å². The number of benzene rings is 1. The van der Waals surface area contributed by atoms with E-state index in [0.29, 0.717) is 34.0 Å². The van der Waals surface area contributed by atoms with Gasteiger partial charge in [-0.05, 0) is 43.9 Å². The molecule has 1 N–H and O–H groups in total. The Balaban J connectivity index is 1.43. The van der Waals surface area contributed by atoms with Gasteiger partial charge in [-0.1, -0.05) is 23.7 Å². The summed E-state index contributed by atoms with van der Waals surface area (Å²) in [4.78, 5) is 20.5. The summed E-state index contributed by atoms with van der Waals surface area (Å²) < 4.78 is 18.7. The summed E-state index contributed by atoms with van der Waals surface area (Å²) >= 11 is 6.20. The lowest BCUT2D eigenvalue weighted by Crippen LogP contribution is -2.70. The van der Waals surface area contributed by atoms with Crippen LogP contribution in [0.25, 0.3) is 5.69 Å². The van der Waals surface area contributed by atoms with Crippen LogP contribution in [0.2, 0.25) is 5.02 Å². The van der Waals surface area contributed by atoms with E-state index in [1.807, 2.05) is 0 Å². The van der Waals surface area contributed by atoms with Gasteiger partial charge in [-0.3, -0.25) is 0 Å². The minimum absolute atomic E-state index is 0.106. The summed E-state index contributed by atoms with van der Waals surface area (Å²) in [5, 5.41) is 14.6. The Morgan fingerprint density at radius 3 is 2.93 bits per heavy atom. The fourth-order valence-corrected chi connectivity index (χ4v) is 4.92. The summed E-state index contributed by atoms with van der Waals surface area (Å²) in [6.07, 6.45) is 3.47. The number of urea groups is 1.